The smallest absolute Gasteiger partial charge is 0.295 e. The summed E-state index contributed by atoms with van der Waals surface area (Å²) in [5, 5.41) is 11.3. The first-order chi connectivity index (χ1) is 18.0. The minimum Gasteiger partial charge on any atom is -0.507 e. The highest BCUT2D eigenvalue weighted by Gasteiger charge is 2.46. The maximum atomic E-state index is 13.3. The van der Waals surface area contributed by atoms with Gasteiger partial charge in [0.15, 0.2) is 11.5 Å². The van der Waals surface area contributed by atoms with Crippen LogP contribution in [0, 0.1) is 0 Å². The fourth-order valence-electron chi connectivity index (χ4n) is 4.44. The Labute approximate surface area is 215 Å². The van der Waals surface area contributed by atoms with Gasteiger partial charge in [-0.15, -0.1) is 0 Å². The minimum atomic E-state index is -0.792. The quantitative estimate of drug-likeness (QED) is 0.237. The lowest BCUT2D eigenvalue weighted by Gasteiger charge is -2.26. The summed E-state index contributed by atoms with van der Waals surface area (Å²) in [6, 6.07) is 11.2. The molecule has 1 fully saturated rings. The molecule has 1 aliphatic heterocycles. The number of imidazole rings is 1. The Hall–Kier alpha value is -4.27. The molecule has 0 bridgehead atoms. The van der Waals surface area contributed by atoms with Crippen molar-refractivity contribution in [1.29, 1.82) is 0 Å². The highest BCUT2D eigenvalue weighted by molar-refractivity contribution is 6.46. The minimum absolute atomic E-state index is 0.0319. The van der Waals surface area contributed by atoms with Crippen molar-refractivity contribution in [1.82, 2.24) is 14.5 Å². The predicted molar refractivity (Wildman–Crippen MR) is 138 cm³/mol. The van der Waals surface area contributed by atoms with Gasteiger partial charge < -0.3 is 28.8 Å². The van der Waals surface area contributed by atoms with Gasteiger partial charge in [0.2, 0.25) is 0 Å². The number of hydrogen-bond donors (Lipinski definition) is 1. The van der Waals surface area contributed by atoms with Gasteiger partial charge in [0, 0.05) is 31.0 Å². The number of Topliss-reactive ketones (excluding diaryl/α,β-unsaturated/α-hetero) is 1. The summed E-state index contributed by atoms with van der Waals surface area (Å²) in [5.74, 6) is 0.0665. The third-order valence-corrected chi connectivity index (χ3v) is 6.16. The third-order valence-electron chi connectivity index (χ3n) is 6.16. The monoisotopic (exact) mass is 505 g/mol. The van der Waals surface area contributed by atoms with E-state index in [4.69, 9.17) is 14.2 Å². The Balaban J connectivity index is 1.77. The number of rotatable bonds is 11. The van der Waals surface area contributed by atoms with Gasteiger partial charge in [-0.2, -0.15) is 0 Å². The Morgan fingerprint density at radius 2 is 1.73 bits per heavy atom. The van der Waals surface area contributed by atoms with Gasteiger partial charge >= 0.3 is 0 Å². The van der Waals surface area contributed by atoms with Crippen LogP contribution in [-0.4, -0.2) is 58.1 Å². The molecule has 1 atom stereocenters. The van der Waals surface area contributed by atoms with Gasteiger partial charge in [-0.3, -0.25) is 9.59 Å². The lowest BCUT2D eigenvalue weighted by Crippen LogP contribution is -2.31. The van der Waals surface area contributed by atoms with Crippen LogP contribution in [0.25, 0.3) is 5.76 Å². The molecule has 0 saturated carbocycles. The zero-order chi connectivity index (χ0) is 26.4. The number of hydrogen-bond acceptors (Lipinski definition) is 7. The maximum Gasteiger partial charge on any atom is 0.295 e. The van der Waals surface area contributed by atoms with Crippen molar-refractivity contribution in [2.45, 2.75) is 32.9 Å². The van der Waals surface area contributed by atoms with Gasteiger partial charge in [-0.1, -0.05) is 6.07 Å². The van der Waals surface area contributed by atoms with Crippen molar-refractivity contribution in [2.75, 3.05) is 26.9 Å². The highest BCUT2D eigenvalue weighted by Crippen LogP contribution is 2.42. The van der Waals surface area contributed by atoms with Crippen LogP contribution in [0.2, 0.25) is 0 Å². The summed E-state index contributed by atoms with van der Waals surface area (Å²) >= 11 is 0. The molecule has 1 N–H and O–H groups in total. The van der Waals surface area contributed by atoms with E-state index in [2.05, 4.69) is 4.98 Å². The van der Waals surface area contributed by atoms with Crippen molar-refractivity contribution < 1.29 is 28.9 Å². The number of likely N-dealkylation sites (tertiary alicyclic amines) is 1. The number of carbonyl (C=O) groups is 2. The number of aliphatic hydroxyl groups excluding tert-OH is 1. The average Bonchev–Trinajstić information content (AvgIpc) is 3.52. The number of ketones is 1. The molecular weight excluding hydrogens is 474 g/mol. The molecule has 2 heterocycles. The molecule has 0 aliphatic carbocycles. The molecule has 0 radical (unpaired) electrons. The second-order valence-corrected chi connectivity index (χ2v) is 8.45. The maximum absolute atomic E-state index is 13.3. The molecule has 194 valence electrons. The van der Waals surface area contributed by atoms with Gasteiger partial charge in [-0.05, 0) is 62.2 Å². The summed E-state index contributed by atoms with van der Waals surface area (Å²) in [4.78, 5) is 32.1. The van der Waals surface area contributed by atoms with E-state index in [1.54, 1.807) is 62.1 Å². The largest absolute Gasteiger partial charge is 0.507 e. The first-order valence-corrected chi connectivity index (χ1v) is 12.3. The van der Waals surface area contributed by atoms with E-state index in [-0.39, 0.29) is 11.3 Å². The Morgan fingerprint density at radius 3 is 2.38 bits per heavy atom. The van der Waals surface area contributed by atoms with Crippen LogP contribution < -0.4 is 14.2 Å². The summed E-state index contributed by atoms with van der Waals surface area (Å²) < 4.78 is 18.6. The second-order valence-electron chi connectivity index (χ2n) is 8.45. The van der Waals surface area contributed by atoms with E-state index < -0.39 is 17.7 Å². The number of aryl methyl sites for hydroxylation is 1. The number of ether oxygens (including phenoxy) is 3. The van der Waals surface area contributed by atoms with Crippen LogP contribution >= 0.6 is 0 Å². The lowest BCUT2D eigenvalue weighted by atomic mass is 9.95. The summed E-state index contributed by atoms with van der Waals surface area (Å²) in [5.41, 5.74) is 1.09. The molecule has 0 spiro atoms. The van der Waals surface area contributed by atoms with Crippen LogP contribution in [0.1, 0.15) is 37.4 Å². The standard InChI is InChI=1S/C28H31N3O6/c1-4-36-22-12-9-20(17-23(22)37-5-2)25-24(26(32)19-7-10-21(35-3)11-8-19)27(33)28(34)31(25)15-6-14-30-16-13-29-18-30/h7-13,16-18,25,32H,4-6,14-15H2,1-3H3/b26-24+. The van der Waals surface area contributed by atoms with E-state index in [9.17, 15) is 14.7 Å². The van der Waals surface area contributed by atoms with Gasteiger partial charge in [-0.25, -0.2) is 4.98 Å². The van der Waals surface area contributed by atoms with Gasteiger partial charge in [0.25, 0.3) is 11.7 Å². The number of amides is 1. The lowest BCUT2D eigenvalue weighted by molar-refractivity contribution is -0.139. The van der Waals surface area contributed by atoms with Crippen LogP contribution in [0.5, 0.6) is 17.2 Å². The van der Waals surface area contributed by atoms with Crippen LogP contribution in [0.15, 0.2) is 66.8 Å². The number of benzene rings is 2. The van der Waals surface area contributed by atoms with Crippen LogP contribution in [0.4, 0.5) is 0 Å². The molecular formula is C28H31N3O6. The van der Waals surface area contributed by atoms with E-state index in [1.165, 1.54) is 4.90 Å². The first kappa shape index (κ1) is 25.8. The summed E-state index contributed by atoms with van der Waals surface area (Å²) in [6.45, 7) is 5.57. The van der Waals surface area contributed by atoms with E-state index in [0.717, 1.165) is 0 Å². The Kier molecular flexibility index (Phi) is 8.12. The second kappa shape index (κ2) is 11.6. The van der Waals surface area contributed by atoms with Crippen LogP contribution in [0.3, 0.4) is 0 Å². The van der Waals surface area contributed by atoms with E-state index >= 15 is 0 Å². The van der Waals surface area contributed by atoms with E-state index in [0.29, 0.717) is 61.1 Å². The molecule has 9 nitrogen and oxygen atoms in total. The molecule has 9 heteroatoms. The SMILES string of the molecule is CCOc1ccc(C2/C(=C(\O)c3ccc(OC)cc3)C(=O)C(=O)N2CCCn2ccnc2)cc1OCC. The topological polar surface area (TPSA) is 103 Å². The number of carbonyl (C=O) groups excluding carboxylic acids is 2. The molecule has 3 aromatic rings. The molecule has 1 aromatic heterocycles. The highest BCUT2D eigenvalue weighted by atomic mass is 16.5. The van der Waals surface area contributed by atoms with E-state index in [1.807, 2.05) is 24.6 Å². The number of aliphatic hydroxyl groups is 1. The van der Waals surface area contributed by atoms with Gasteiger partial charge in [0.05, 0.1) is 38.3 Å². The average molecular weight is 506 g/mol. The predicted octanol–water partition coefficient (Wildman–Crippen LogP) is 4.20. The molecule has 2 aromatic carbocycles. The van der Waals surface area contributed by atoms with Crippen molar-refractivity contribution in [3.8, 4) is 17.2 Å². The fourth-order valence-corrected chi connectivity index (χ4v) is 4.44. The summed E-state index contributed by atoms with van der Waals surface area (Å²) in [6.07, 6.45) is 5.83. The van der Waals surface area contributed by atoms with Crippen molar-refractivity contribution in [3.05, 3.63) is 77.9 Å². The summed E-state index contributed by atoms with van der Waals surface area (Å²) in [7, 11) is 1.55. The molecule has 1 aliphatic rings. The van der Waals surface area contributed by atoms with Gasteiger partial charge in [0.1, 0.15) is 11.5 Å². The zero-order valence-electron chi connectivity index (χ0n) is 21.2. The van der Waals surface area contributed by atoms with Crippen molar-refractivity contribution in [2.24, 2.45) is 0 Å². The third kappa shape index (κ3) is 5.45. The zero-order valence-corrected chi connectivity index (χ0v) is 21.2. The van der Waals surface area contributed by atoms with Crippen molar-refractivity contribution in [3.63, 3.8) is 0 Å². The number of aromatic nitrogens is 2. The molecule has 1 amide bonds. The molecule has 1 unspecified atom stereocenters. The molecule has 37 heavy (non-hydrogen) atoms. The fraction of sp³-hybridized carbons (Fsp3) is 0.321. The van der Waals surface area contributed by atoms with Crippen molar-refractivity contribution >= 4 is 17.4 Å². The molecule has 1 saturated heterocycles. The molecule has 4 rings (SSSR count). The Bertz CT molecular complexity index is 1270. The first-order valence-electron chi connectivity index (χ1n) is 12.3. The Morgan fingerprint density at radius 1 is 1.00 bits per heavy atom. The normalized spacial score (nSPS) is 16.7. The number of methoxy groups -OCH3 is 1. The van der Waals surface area contributed by atoms with Crippen LogP contribution in [-0.2, 0) is 16.1 Å². The number of nitrogens with zero attached hydrogens (tertiary/aromatic N) is 3.